The molecular formula is C12H19NO3. The largest absolute Gasteiger partial charge is 0.491 e. The van der Waals surface area contributed by atoms with E-state index in [4.69, 9.17) is 20.2 Å². The molecule has 4 heteroatoms. The lowest BCUT2D eigenvalue weighted by molar-refractivity contribution is -0.0385. The van der Waals surface area contributed by atoms with E-state index in [1.54, 1.807) is 0 Å². The molecule has 1 rings (SSSR count). The van der Waals surface area contributed by atoms with Crippen molar-refractivity contribution in [3.8, 4) is 5.75 Å². The third-order valence-corrected chi connectivity index (χ3v) is 2.02. The van der Waals surface area contributed by atoms with Gasteiger partial charge in [0.15, 0.2) is 0 Å². The molecule has 0 aliphatic heterocycles. The molecule has 1 atom stereocenters. The van der Waals surface area contributed by atoms with E-state index in [9.17, 15) is 0 Å². The molecule has 0 bridgehead atoms. The molecule has 0 saturated carbocycles. The molecule has 4 nitrogen and oxygen atoms in total. The van der Waals surface area contributed by atoms with Gasteiger partial charge in [-0.1, -0.05) is 25.1 Å². The van der Waals surface area contributed by atoms with Crippen LogP contribution in [0.3, 0.4) is 0 Å². The van der Waals surface area contributed by atoms with Crippen LogP contribution in [-0.4, -0.2) is 25.9 Å². The van der Waals surface area contributed by atoms with Gasteiger partial charge in [-0.2, -0.15) is 0 Å². The van der Waals surface area contributed by atoms with Crippen molar-refractivity contribution in [2.24, 2.45) is 5.90 Å². The highest BCUT2D eigenvalue weighted by atomic mass is 16.6. The van der Waals surface area contributed by atoms with Crippen LogP contribution in [0.25, 0.3) is 0 Å². The molecule has 2 N–H and O–H groups in total. The maximum absolute atomic E-state index is 5.50. The quantitative estimate of drug-likeness (QED) is 0.541. The van der Waals surface area contributed by atoms with Crippen LogP contribution in [0.5, 0.6) is 5.75 Å². The van der Waals surface area contributed by atoms with Gasteiger partial charge < -0.3 is 9.47 Å². The summed E-state index contributed by atoms with van der Waals surface area (Å²) in [4.78, 5) is 4.77. The number of nitrogens with two attached hydrogens (primary N) is 1. The normalized spacial score (nSPS) is 12.4. The van der Waals surface area contributed by atoms with Gasteiger partial charge in [0.05, 0.1) is 6.61 Å². The first-order chi connectivity index (χ1) is 7.86. The molecule has 0 aliphatic rings. The first-order valence-corrected chi connectivity index (χ1v) is 5.48. The summed E-state index contributed by atoms with van der Waals surface area (Å²) < 4.78 is 10.8. The fraction of sp³-hybridized carbons (Fsp3) is 0.500. The molecule has 0 aromatic heterocycles. The summed E-state index contributed by atoms with van der Waals surface area (Å²) in [7, 11) is 0. The molecule has 0 radical (unpaired) electrons. The van der Waals surface area contributed by atoms with Gasteiger partial charge >= 0.3 is 0 Å². The summed E-state index contributed by atoms with van der Waals surface area (Å²) in [5, 5.41) is 0. The van der Waals surface area contributed by atoms with Crippen LogP contribution in [0.4, 0.5) is 0 Å². The Morgan fingerprint density at radius 1 is 1.19 bits per heavy atom. The van der Waals surface area contributed by atoms with E-state index in [2.05, 4.69) is 6.92 Å². The number of hydrogen-bond donors (Lipinski definition) is 1. The van der Waals surface area contributed by atoms with Gasteiger partial charge in [0.2, 0.25) is 0 Å². The Balaban J connectivity index is 2.23. The minimum absolute atomic E-state index is 0.230. The molecule has 16 heavy (non-hydrogen) atoms. The zero-order valence-corrected chi connectivity index (χ0v) is 9.59. The number of para-hydroxylation sites is 1. The molecule has 0 saturated heterocycles. The number of benzene rings is 1. The van der Waals surface area contributed by atoms with Crippen LogP contribution in [0.1, 0.15) is 13.3 Å². The van der Waals surface area contributed by atoms with Gasteiger partial charge in [-0.3, -0.25) is 4.84 Å². The first kappa shape index (κ1) is 13.0. The van der Waals surface area contributed by atoms with Crippen molar-refractivity contribution in [2.45, 2.75) is 19.4 Å². The van der Waals surface area contributed by atoms with Crippen molar-refractivity contribution in [1.29, 1.82) is 0 Å². The highest BCUT2D eigenvalue weighted by Crippen LogP contribution is 2.08. The van der Waals surface area contributed by atoms with E-state index in [1.165, 1.54) is 0 Å². The molecule has 1 aromatic rings. The standard InChI is InChI=1S/C12H19NO3/c1-2-8-14-9-12(16-13)10-15-11-6-4-3-5-7-11/h3-7,12H,2,8-10,13H2,1H3. The van der Waals surface area contributed by atoms with Crippen molar-refractivity contribution >= 4 is 0 Å². The number of ether oxygens (including phenoxy) is 2. The minimum Gasteiger partial charge on any atom is -0.491 e. The highest BCUT2D eigenvalue weighted by Gasteiger charge is 2.09. The average molecular weight is 225 g/mol. The van der Waals surface area contributed by atoms with E-state index in [0.717, 1.165) is 12.2 Å². The zero-order chi connectivity index (χ0) is 11.6. The molecule has 90 valence electrons. The molecule has 0 fully saturated rings. The Hall–Kier alpha value is -1.10. The first-order valence-electron chi connectivity index (χ1n) is 5.48. The van der Waals surface area contributed by atoms with Gasteiger partial charge in [0.25, 0.3) is 0 Å². The summed E-state index contributed by atoms with van der Waals surface area (Å²) in [6, 6.07) is 9.55. The second kappa shape index (κ2) is 8.10. The zero-order valence-electron chi connectivity index (χ0n) is 9.59. The van der Waals surface area contributed by atoms with Crippen LogP contribution in [0, 0.1) is 0 Å². The van der Waals surface area contributed by atoms with E-state index in [-0.39, 0.29) is 6.10 Å². The Morgan fingerprint density at radius 2 is 1.94 bits per heavy atom. The lowest BCUT2D eigenvalue weighted by Gasteiger charge is -2.15. The lowest BCUT2D eigenvalue weighted by atomic mass is 10.3. The summed E-state index contributed by atoms with van der Waals surface area (Å²) in [5.74, 6) is 5.96. The topological polar surface area (TPSA) is 53.7 Å². The summed E-state index contributed by atoms with van der Waals surface area (Å²) in [6.07, 6.45) is 0.753. The predicted molar refractivity (Wildman–Crippen MR) is 62.1 cm³/mol. The monoisotopic (exact) mass is 225 g/mol. The lowest BCUT2D eigenvalue weighted by Crippen LogP contribution is -2.30. The fourth-order valence-electron chi connectivity index (χ4n) is 1.19. The third kappa shape index (κ3) is 5.11. The Morgan fingerprint density at radius 3 is 2.56 bits per heavy atom. The van der Waals surface area contributed by atoms with Gasteiger partial charge in [-0.25, -0.2) is 5.90 Å². The number of rotatable bonds is 8. The van der Waals surface area contributed by atoms with Crippen molar-refractivity contribution in [3.05, 3.63) is 30.3 Å². The van der Waals surface area contributed by atoms with Gasteiger partial charge in [0, 0.05) is 6.61 Å². The minimum atomic E-state index is -0.230. The smallest absolute Gasteiger partial charge is 0.136 e. The van der Waals surface area contributed by atoms with Crippen molar-refractivity contribution < 1.29 is 14.3 Å². The van der Waals surface area contributed by atoms with Crippen LogP contribution >= 0.6 is 0 Å². The molecule has 0 spiro atoms. The van der Waals surface area contributed by atoms with Crippen molar-refractivity contribution in [2.75, 3.05) is 19.8 Å². The van der Waals surface area contributed by atoms with Gasteiger partial charge in [-0.05, 0) is 18.6 Å². The van der Waals surface area contributed by atoms with Gasteiger partial charge in [0.1, 0.15) is 18.5 Å². The maximum atomic E-state index is 5.50. The summed E-state index contributed by atoms with van der Waals surface area (Å²) >= 11 is 0. The Labute approximate surface area is 96.3 Å². The summed E-state index contributed by atoms with van der Waals surface area (Å²) in [6.45, 7) is 3.62. The van der Waals surface area contributed by atoms with E-state index >= 15 is 0 Å². The van der Waals surface area contributed by atoms with Crippen LogP contribution in [-0.2, 0) is 9.57 Å². The predicted octanol–water partition coefficient (Wildman–Crippen LogP) is 1.75. The fourth-order valence-corrected chi connectivity index (χ4v) is 1.19. The second-order valence-corrected chi connectivity index (χ2v) is 3.46. The van der Waals surface area contributed by atoms with E-state index < -0.39 is 0 Å². The Kier molecular flexibility index (Phi) is 6.56. The molecule has 0 heterocycles. The summed E-state index contributed by atoms with van der Waals surface area (Å²) in [5.41, 5.74) is 0. The third-order valence-electron chi connectivity index (χ3n) is 2.02. The van der Waals surface area contributed by atoms with Gasteiger partial charge in [-0.15, -0.1) is 0 Å². The van der Waals surface area contributed by atoms with E-state index in [1.807, 2.05) is 30.3 Å². The van der Waals surface area contributed by atoms with Crippen LogP contribution < -0.4 is 10.6 Å². The van der Waals surface area contributed by atoms with Crippen LogP contribution in [0.15, 0.2) is 30.3 Å². The van der Waals surface area contributed by atoms with Crippen molar-refractivity contribution in [3.63, 3.8) is 0 Å². The Bertz CT molecular complexity index is 266. The molecule has 1 aromatic carbocycles. The maximum Gasteiger partial charge on any atom is 0.136 e. The molecule has 0 aliphatic carbocycles. The van der Waals surface area contributed by atoms with Crippen molar-refractivity contribution in [1.82, 2.24) is 0 Å². The average Bonchev–Trinajstić information content (AvgIpc) is 2.35. The second-order valence-electron chi connectivity index (χ2n) is 3.46. The van der Waals surface area contributed by atoms with E-state index in [0.29, 0.717) is 19.8 Å². The number of hydrogen-bond acceptors (Lipinski definition) is 4. The SMILES string of the molecule is CCCOCC(COc1ccccc1)ON. The molecule has 1 unspecified atom stereocenters. The highest BCUT2D eigenvalue weighted by molar-refractivity contribution is 5.20. The van der Waals surface area contributed by atoms with Crippen LogP contribution in [0.2, 0.25) is 0 Å². The molecular weight excluding hydrogens is 206 g/mol. The molecule has 0 amide bonds.